The van der Waals surface area contributed by atoms with E-state index >= 15 is 0 Å². The second-order valence-corrected chi connectivity index (χ2v) is 8.57. The average molecular weight is 419 g/mol. The van der Waals surface area contributed by atoms with Crippen LogP contribution in [0.3, 0.4) is 0 Å². The molecule has 0 heterocycles. The van der Waals surface area contributed by atoms with Gasteiger partial charge in [-0.05, 0) is 43.2 Å². The Morgan fingerprint density at radius 2 is 1.65 bits per heavy atom. The van der Waals surface area contributed by atoms with E-state index in [1.54, 1.807) is 4.90 Å². The second-order valence-electron chi connectivity index (χ2n) is 8.57. The zero-order chi connectivity index (χ0) is 22.1. The molecule has 4 nitrogen and oxygen atoms in total. The molecule has 0 bridgehead atoms. The van der Waals surface area contributed by atoms with Crippen LogP contribution in [-0.2, 0) is 16.1 Å². The molecule has 2 aromatic carbocycles. The van der Waals surface area contributed by atoms with Crippen LogP contribution in [0.25, 0.3) is 0 Å². The fourth-order valence-corrected chi connectivity index (χ4v) is 4.09. The highest BCUT2D eigenvalue weighted by Crippen LogP contribution is 2.26. The Morgan fingerprint density at radius 1 is 0.968 bits per heavy atom. The molecular weight excluding hydrogens is 384 g/mol. The van der Waals surface area contributed by atoms with Crippen molar-refractivity contribution in [3.05, 3.63) is 83.4 Å². The van der Waals surface area contributed by atoms with E-state index < -0.39 is 6.04 Å². The van der Waals surface area contributed by atoms with Gasteiger partial charge in [-0.3, -0.25) is 9.59 Å². The van der Waals surface area contributed by atoms with Crippen LogP contribution in [0, 0.1) is 5.92 Å². The van der Waals surface area contributed by atoms with E-state index in [9.17, 15) is 9.59 Å². The first-order valence-corrected chi connectivity index (χ1v) is 11.4. The lowest BCUT2D eigenvalue weighted by molar-refractivity contribution is -0.144. The van der Waals surface area contributed by atoms with E-state index in [-0.39, 0.29) is 17.7 Å². The lowest BCUT2D eigenvalue weighted by Gasteiger charge is -2.33. The standard InChI is InChI=1S/C27H34N2O2/c1-21(2)27(31)29(20-23-14-8-4-9-15-23)25(24-16-10-5-11-17-24)26(30)28-19-18-22-12-6-3-7-13-22/h4-5,8-12,14-17,21,25H,3,6-7,13,18-20H2,1-2H3,(H,28,30). The number of carbonyl (C=O) groups excluding carboxylic acids is 2. The van der Waals surface area contributed by atoms with Crippen LogP contribution in [-0.4, -0.2) is 23.3 Å². The highest BCUT2D eigenvalue weighted by atomic mass is 16.2. The van der Waals surface area contributed by atoms with Crippen LogP contribution in [0.15, 0.2) is 72.3 Å². The third-order valence-electron chi connectivity index (χ3n) is 5.78. The molecule has 0 fully saturated rings. The Hall–Kier alpha value is -2.88. The zero-order valence-corrected chi connectivity index (χ0v) is 18.7. The first kappa shape index (κ1) is 22.8. The number of nitrogens with one attached hydrogen (secondary N) is 1. The molecule has 1 aliphatic carbocycles. The van der Waals surface area contributed by atoms with Gasteiger partial charge in [0.15, 0.2) is 0 Å². The topological polar surface area (TPSA) is 49.4 Å². The Morgan fingerprint density at radius 3 is 2.26 bits per heavy atom. The van der Waals surface area contributed by atoms with Crippen molar-refractivity contribution in [2.75, 3.05) is 6.54 Å². The molecule has 1 unspecified atom stereocenters. The zero-order valence-electron chi connectivity index (χ0n) is 18.7. The van der Waals surface area contributed by atoms with Gasteiger partial charge in [-0.15, -0.1) is 0 Å². The van der Waals surface area contributed by atoms with Crippen molar-refractivity contribution in [3.8, 4) is 0 Å². The van der Waals surface area contributed by atoms with Crippen LogP contribution >= 0.6 is 0 Å². The van der Waals surface area contributed by atoms with Crippen molar-refractivity contribution in [1.29, 1.82) is 0 Å². The van der Waals surface area contributed by atoms with Gasteiger partial charge in [-0.1, -0.05) is 86.2 Å². The number of carbonyl (C=O) groups is 2. The summed E-state index contributed by atoms with van der Waals surface area (Å²) >= 11 is 0. The molecule has 0 saturated heterocycles. The van der Waals surface area contributed by atoms with Crippen LogP contribution in [0.1, 0.15) is 63.1 Å². The Balaban J connectivity index is 1.82. The van der Waals surface area contributed by atoms with Gasteiger partial charge in [-0.25, -0.2) is 0 Å². The predicted molar refractivity (Wildman–Crippen MR) is 125 cm³/mol. The molecule has 1 atom stereocenters. The van der Waals surface area contributed by atoms with Crippen molar-refractivity contribution < 1.29 is 9.59 Å². The Labute approximate surface area is 186 Å². The van der Waals surface area contributed by atoms with Gasteiger partial charge in [-0.2, -0.15) is 0 Å². The van der Waals surface area contributed by atoms with E-state index in [1.807, 2.05) is 74.5 Å². The summed E-state index contributed by atoms with van der Waals surface area (Å²) < 4.78 is 0. The maximum atomic E-state index is 13.4. The predicted octanol–water partition coefficient (Wildman–Crippen LogP) is 5.42. The third kappa shape index (κ3) is 6.55. The number of rotatable bonds is 9. The van der Waals surface area contributed by atoms with Gasteiger partial charge in [0, 0.05) is 19.0 Å². The lowest BCUT2D eigenvalue weighted by Crippen LogP contribution is -2.45. The van der Waals surface area contributed by atoms with Crippen molar-refractivity contribution in [2.45, 2.75) is 58.5 Å². The van der Waals surface area contributed by atoms with Crippen molar-refractivity contribution >= 4 is 11.8 Å². The quantitative estimate of drug-likeness (QED) is 0.553. The maximum Gasteiger partial charge on any atom is 0.247 e. The summed E-state index contributed by atoms with van der Waals surface area (Å²) in [7, 11) is 0. The molecular formula is C27H34N2O2. The highest BCUT2D eigenvalue weighted by Gasteiger charge is 2.32. The van der Waals surface area contributed by atoms with Gasteiger partial charge in [0.2, 0.25) is 11.8 Å². The summed E-state index contributed by atoms with van der Waals surface area (Å²) in [4.78, 5) is 28.4. The maximum absolute atomic E-state index is 13.4. The largest absolute Gasteiger partial charge is 0.354 e. The molecule has 164 valence electrons. The number of hydrogen-bond donors (Lipinski definition) is 1. The van der Waals surface area contributed by atoms with E-state index in [2.05, 4.69) is 11.4 Å². The number of hydrogen-bond acceptors (Lipinski definition) is 2. The Bertz CT molecular complexity index is 875. The molecule has 3 rings (SSSR count). The minimum atomic E-state index is -0.656. The molecule has 2 aromatic rings. The number of allylic oxidation sites excluding steroid dienone is 1. The molecule has 0 saturated carbocycles. The van der Waals surface area contributed by atoms with E-state index in [1.165, 1.54) is 18.4 Å². The van der Waals surface area contributed by atoms with Crippen molar-refractivity contribution in [3.63, 3.8) is 0 Å². The van der Waals surface area contributed by atoms with Gasteiger partial charge >= 0.3 is 0 Å². The first-order chi connectivity index (χ1) is 15.1. The number of amides is 2. The monoisotopic (exact) mass is 418 g/mol. The molecule has 0 radical (unpaired) electrons. The van der Waals surface area contributed by atoms with Crippen LogP contribution in [0.2, 0.25) is 0 Å². The summed E-state index contributed by atoms with van der Waals surface area (Å²) in [6.07, 6.45) is 7.96. The molecule has 1 aliphatic rings. The lowest BCUT2D eigenvalue weighted by atomic mass is 9.97. The second kappa shape index (κ2) is 11.5. The smallest absolute Gasteiger partial charge is 0.247 e. The normalized spacial score (nSPS) is 14.6. The van der Waals surface area contributed by atoms with Gasteiger partial charge in [0.05, 0.1) is 0 Å². The van der Waals surface area contributed by atoms with Crippen molar-refractivity contribution in [2.24, 2.45) is 5.92 Å². The molecule has 4 heteroatoms. The van der Waals surface area contributed by atoms with Gasteiger partial charge in [0.25, 0.3) is 0 Å². The average Bonchev–Trinajstić information content (AvgIpc) is 2.80. The minimum absolute atomic E-state index is 0.0251. The van der Waals surface area contributed by atoms with Gasteiger partial charge in [0.1, 0.15) is 6.04 Å². The van der Waals surface area contributed by atoms with E-state index in [0.717, 1.165) is 30.4 Å². The van der Waals surface area contributed by atoms with Crippen LogP contribution in [0.5, 0.6) is 0 Å². The first-order valence-electron chi connectivity index (χ1n) is 11.4. The number of nitrogens with zero attached hydrogens (tertiary/aromatic N) is 1. The molecule has 0 spiro atoms. The van der Waals surface area contributed by atoms with Crippen LogP contribution in [0.4, 0.5) is 0 Å². The van der Waals surface area contributed by atoms with Crippen LogP contribution < -0.4 is 5.32 Å². The third-order valence-corrected chi connectivity index (χ3v) is 5.78. The van der Waals surface area contributed by atoms with Crippen molar-refractivity contribution in [1.82, 2.24) is 10.2 Å². The molecule has 1 N–H and O–H groups in total. The molecule has 0 aliphatic heterocycles. The fraction of sp³-hybridized carbons (Fsp3) is 0.407. The van der Waals surface area contributed by atoms with E-state index in [0.29, 0.717) is 13.1 Å². The summed E-state index contributed by atoms with van der Waals surface area (Å²) in [5.41, 5.74) is 3.28. The fourth-order valence-electron chi connectivity index (χ4n) is 4.09. The summed E-state index contributed by atoms with van der Waals surface area (Å²) in [6.45, 7) is 4.77. The molecule has 2 amide bonds. The summed E-state index contributed by atoms with van der Waals surface area (Å²) in [5.74, 6) is -0.342. The summed E-state index contributed by atoms with van der Waals surface area (Å²) in [6, 6.07) is 18.8. The molecule has 31 heavy (non-hydrogen) atoms. The van der Waals surface area contributed by atoms with E-state index in [4.69, 9.17) is 0 Å². The summed E-state index contributed by atoms with van der Waals surface area (Å²) in [5, 5.41) is 3.11. The SMILES string of the molecule is CC(C)C(=O)N(Cc1ccccc1)C(C(=O)NCCC1=CCCCC1)c1ccccc1. The van der Waals surface area contributed by atoms with Gasteiger partial charge < -0.3 is 10.2 Å². The Kier molecular flexibility index (Phi) is 8.45. The number of benzene rings is 2. The minimum Gasteiger partial charge on any atom is -0.354 e. The highest BCUT2D eigenvalue weighted by molar-refractivity contribution is 5.89. The molecule has 0 aromatic heterocycles.